The lowest BCUT2D eigenvalue weighted by atomic mass is 10.2. The molecule has 2 aromatic carbocycles. The highest BCUT2D eigenvalue weighted by Crippen LogP contribution is 2.26. The summed E-state index contributed by atoms with van der Waals surface area (Å²) in [4.78, 5) is 6.43. The van der Waals surface area contributed by atoms with Gasteiger partial charge in [-0.3, -0.25) is 0 Å². The summed E-state index contributed by atoms with van der Waals surface area (Å²) in [6, 6.07) is 5.12. The monoisotopic (exact) mass is 266 g/mol. The van der Waals surface area contributed by atoms with E-state index in [1.54, 1.807) is 0 Å². The predicted molar refractivity (Wildman–Crippen MR) is 61.4 cm³/mol. The van der Waals surface area contributed by atoms with Crippen LogP contribution in [0.4, 0.5) is 17.6 Å². The fourth-order valence-corrected chi connectivity index (χ4v) is 1.85. The number of aromatic amines is 1. The lowest BCUT2D eigenvalue weighted by Gasteiger charge is -2.00. The van der Waals surface area contributed by atoms with E-state index in [1.165, 1.54) is 6.07 Å². The summed E-state index contributed by atoms with van der Waals surface area (Å²) in [6.07, 6.45) is 0. The molecule has 0 radical (unpaired) electrons. The minimum atomic E-state index is -1.07. The molecule has 0 atom stereocenters. The number of halogens is 4. The molecule has 0 saturated carbocycles. The molecule has 0 bridgehead atoms. The summed E-state index contributed by atoms with van der Waals surface area (Å²) < 4.78 is 53.2. The number of nitrogens with one attached hydrogen (secondary N) is 1. The van der Waals surface area contributed by atoms with Crippen LogP contribution in [-0.4, -0.2) is 9.97 Å². The van der Waals surface area contributed by atoms with Gasteiger partial charge in [-0.2, -0.15) is 0 Å². The van der Waals surface area contributed by atoms with Crippen molar-refractivity contribution in [2.24, 2.45) is 0 Å². The first-order valence-corrected chi connectivity index (χ1v) is 5.35. The summed E-state index contributed by atoms with van der Waals surface area (Å²) in [5, 5.41) is 0. The highest BCUT2D eigenvalue weighted by molar-refractivity contribution is 5.79. The van der Waals surface area contributed by atoms with E-state index in [0.29, 0.717) is 0 Å². The molecule has 0 spiro atoms. The Labute approximate surface area is 104 Å². The van der Waals surface area contributed by atoms with Gasteiger partial charge >= 0.3 is 0 Å². The van der Waals surface area contributed by atoms with Crippen LogP contribution in [0, 0.1) is 23.3 Å². The number of hydrogen-bond acceptors (Lipinski definition) is 1. The zero-order valence-corrected chi connectivity index (χ0v) is 9.35. The molecule has 0 fully saturated rings. The lowest BCUT2D eigenvalue weighted by Crippen LogP contribution is -1.90. The Morgan fingerprint density at radius 2 is 1.47 bits per heavy atom. The first-order valence-electron chi connectivity index (χ1n) is 5.35. The van der Waals surface area contributed by atoms with Crippen LogP contribution in [0.25, 0.3) is 22.4 Å². The Bertz CT molecular complexity index is 720. The lowest BCUT2D eigenvalue weighted by molar-refractivity contribution is 0.510. The quantitative estimate of drug-likeness (QED) is 0.667. The van der Waals surface area contributed by atoms with E-state index < -0.39 is 23.3 Å². The fourth-order valence-electron chi connectivity index (χ4n) is 1.85. The smallest absolute Gasteiger partial charge is 0.161 e. The minimum Gasteiger partial charge on any atom is -0.338 e. The van der Waals surface area contributed by atoms with E-state index in [-0.39, 0.29) is 22.4 Å². The maximum Gasteiger partial charge on any atom is 0.161 e. The van der Waals surface area contributed by atoms with Crippen LogP contribution in [-0.2, 0) is 0 Å². The number of rotatable bonds is 1. The Hall–Kier alpha value is -2.37. The molecule has 0 aliphatic heterocycles. The zero-order chi connectivity index (χ0) is 13.6. The molecule has 0 aliphatic carbocycles. The van der Waals surface area contributed by atoms with Crippen LogP contribution in [0.3, 0.4) is 0 Å². The minimum absolute atomic E-state index is 0.0940. The van der Waals surface area contributed by atoms with Gasteiger partial charge in [0.15, 0.2) is 11.6 Å². The second-order valence-corrected chi connectivity index (χ2v) is 3.97. The highest BCUT2D eigenvalue weighted by Gasteiger charge is 2.16. The Balaban J connectivity index is 2.26. The van der Waals surface area contributed by atoms with Crippen molar-refractivity contribution in [2.45, 2.75) is 0 Å². The normalized spacial score (nSPS) is 11.2. The highest BCUT2D eigenvalue weighted by atomic mass is 19.2. The van der Waals surface area contributed by atoms with Gasteiger partial charge in [0.25, 0.3) is 0 Å². The van der Waals surface area contributed by atoms with E-state index in [2.05, 4.69) is 9.97 Å². The number of nitrogens with zero attached hydrogens (tertiary/aromatic N) is 1. The average molecular weight is 266 g/mol. The van der Waals surface area contributed by atoms with Crippen LogP contribution >= 0.6 is 0 Å². The van der Waals surface area contributed by atoms with E-state index in [9.17, 15) is 17.6 Å². The molecule has 3 aromatic rings. The Kier molecular flexibility index (Phi) is 2.51. The van der Waals surface area contributed by atoms with Crippen molar-refractivity contribution in [3.05, 3.63) is 53.6 Å². The number of imidazole rings is 1. The number of benzene rings is 2. The van der Waals surface area contributed by atoms with Crippen molar-refractivity contribution in [3.8, 4) is 11.4 Å². The Morgan fingerprint density at radius 1 is 0.842 bits per heavy atom. The molecule has 96 valence electrons. The molecular formula is C13H6F4N2. The van der Waals surface area contributed by atoms with Gasteiger partial charge in [-0.25, -0.2) is 22.5 Å². The van der Waals surface area contributed by atoms with Crippen molar-refractivity contribution in [2.75, 3.05) is 0 Å². The molecule has 2 nitrogen and oxygen atoms in total. The summed E-state index contributed by atoms with van der Waals surface area (Å²) in [7, 11) is 0. The van der Waals surface area contributed by atoms with Crippen molar-refractivity contribution in [1.82, 2.24) is 9.97 Å². The van der Waals surface area contributed by atoms with Gasteiger partial charge in [0.1, 0.15) is 17.5 Å². The second-order valence-electron chi connectivity index (χ2n) is 3.97. The van der Waals surface area contributed by atoms with Gasteiger partial charge in [-0.15, -0.1) is 0 Å². The van der Waals surface area contributed by atoms with Crippen molar-refractivity contribution >= 4 is 11.0 Å². The van der Waals surface area contributed by atoms with Crippen molar-refractivity contribution in [3.63, 3.8) is 0 Å². The van der Waals surface area contributed by atoms with E-state index in [1.807, 2.05) is 0 Å². The number of fused-ring (bicyclic) bond motifs is 1. The van der Waals surface area contributed by atoms with Crippen LogP contribution in [0.5, 0.6) is 0 Å². The molecule has 0 unspecified atom stereocenters. The average Bonchev–Trinajstić information content (AvgIpc) is 2.72. The molecule has 0 saturated heterocycles. The standard InChI is InChI=1S/C13H6F4N2/c14-6-2-1-3-7(15)12(6)13-18-10-4-8(16)9(17)5-11(10)19-13/h1-5H,(H,18,19). The van der Waals surface area contributed by atoms with Crippen LogP contribution in [0.2, 0.25) is 0 Å². The number of hydrogen-bond donors (Lipinski definition) is 1. The van der Waals surface area contributed by atoms with Crippen LogP contribution < -0.4 is 0 Å². The second kappa shape index (κ2) is 4.08. The molecule has 0 aliphatic rings. The van der Waals surface area contributed by atoms with Crippen molar-refractivity contribution < 1.29 is 17.6 Å². The Morgan fingerprint density at radius 3 is 2.16 bits per heavy atom. The fraction of sp³-hybridized carbons (Fsp3) is 0. The molecular weight excluding hydrogens is 260 g/mol. The third-order valence-corrected chi connectivity index (χ3v) is 2.72. The predicted octanol–water partition coefficient (Wildman–Crippen LogP) is 3.79. The number of H-pyrrole nitrogens is 1. The first kappa shape index (κ1) is 11.7. The molecule has 0 amide bonds. The van der Waals surface area contributed by atoms with E-state index >= 15 is 0 Å². The maximum absolute atomic E-state index is 13.6. The SMILES string of the molecule is Fc1cc2nc(-c3c(F)cccc3F)[nH]c2cc1F. The third-order valence-electron chi connectivity index (χ3n) is 2.72. The molecule has 6 heteroatoms. The summed E-state index contributed by atoms with van der Waals surface area (Å²) in [5.41, 5.74) is -0.104. The van der Waals surface area contributed by atoms with Gasteiger partial charge in [0.05, 0.1) is 16.6 Å². The van der Waals surface area contributed by atoms with Crippen LogP contribution in [0.15, 0.2) is 30.3 Å². The van der Waals surface area contributed by atoms with Crippen molar-refractivity contribution in [1.29, 1.82) is 0 Å². The number of aromatic nitrogens is 2. The molecule has 3 rings (SSSR count). The first-order chi connectivity index (χ1) is 9.06. The molecule has 19 heavy (non-hydrogen) atoms. The van der Waals surface area contributed by atoms with Gasteiger partial charge < -0.3 is 4.98 Å². The summed E-state index contributed by atoms with van der Waals surface area (Å²) in [5.74, 6) is -3.85. The third kappa shape index (κ3) is 1.85. The van der Waals surface area contributed by atoms with E-state index in [0.717, 1.165) is 24.3 Å². The summed E-state index contributed by atoms with van der Waals surface area (Å²) in [6.45, 7) is 0. The molecule has 1 aromatic heterocycles. The van der Waals surface area contributed by atoms with Gasteiger partial charge in [-0.1, -0.05) is 6.07 Å². The van der Waals surface area contributed by atoms with Gasteiger partial charge in [-0.05, 0) is 12.1 Å². The zero-order valence-electron chi connectivity index (χ0n) is 9.35. The molecule has 1 heterocycles. The maximum atomic E-state index is 13.6. The van der Waals surface area contributed by atoms with Crippen LogP contribution in [0.1, 0.15) is 0 Å². The summed E-state index contributed by atoms with van der Waals surface area (Å²) >= 11 is 0. The van der Waals surface area contributed by atoms with E-state index in [4.69, 9.17) is 0 Å². The van der Waals surface area contributed by atoms with Gasteiger partial charge in [0, 0.05) is 12.1 Å². The largest absolute Gasteiger partial charge is 0.338 e. The van der Waals surface area contributed by atoms with Gasteiger partial charge in [0.2, 0.25) is 0 Å². The topological polar surface area (TPSA) is 28.7 Å². The molecule has 1 N–H and O–H groups in total.